The third-order valence-electron chi connectivity index (χ3n) is 4.24. The summed E-state index contributed by atoms with van der Waals surface area (Å²) in [5.41, 5.74) is 8.04. The molecule has 0 spiro atoms. The van der Waals surface area contributed by atoms with Crippen LogP contribution in [-0.4, -0.2) is 23.1 Å². The molecule has 1 saturated heterocycles. The zero-order valence-electron chi connectivity index (χ0n) is 13.8. The SMILES string of the molecule is CC(C)c1ccc(Oc2ncnc(N3CCCCC3)c2N)cc1. The number of aromatic nitrogens is 2. The molecule has 1 fully saturated rings. The Morgan fingerprint density at radius 3 is 2.39 bits per heavy atom. The first-order valence-corrected chi connectivity index (χ1v) is 8.28. The molecular weight excluding hydrogens is 288 g/mol. The van der Waals surface area contributed by atoms with Gasteiger partial charge in [0, 0.05) is 13.1 Å². The first-order valence-electron chi connectivity index (χ1n) is 8.28. The fourth-order valence-corrected chi connectivity index (χ4v) is 2.84. The molecule has 5 heteroatoms. The van der Waals surface area contributed by atoms with Gasteiger partial charge in [-0.05, 0) is 42.9 Å². The minimum atomic E-state index is 0.429. The largest absolute Gasteiger partial charge is 0.437 e. The zero-order valence-corrected chi connectivity index (χ0v) is 13.8. The molecule has 1 aromatic carbocycles. The van der Waals surface area contributed by atoms with Crippen LogP contribution in [0.4, 0.5) is 11.5 Å². The Bertz CT molecular complexity index is 649. The molecule has 23 heavy (non-hydrogen) atoms. The molecule has 3 rings (SSSR count). The van der Waals surface area contributed by atoms with Gasteiger partial charge in [-0.1, -0.05) is 26.0 Å². The molecule has 1 aliphatic heterocycles. The lowest BCUT2D eigenvalue weighted by Crippen LogP contribution is -2.31. The second-order valence-corrected chi connectivity index (χ2v) is 6.29. The summed E-state index contributed by atoms with van der Waals surface area (Å²) in [4.78, 5) is 10.8. The van der Waals surface area contributed by atoms with Crippen molar-refractivity contribution in [2.45, 2.75) is 39.0 Å². The highest BCUT2D eigenvalue weighted by atomic mass is 16.5. The normalized spacial score (nSPS) is 15.0. The predicted molar refractivity (Wildman–Crippen MR) is 93.1 cm³/mol. The van der Waals surface area contributed by atoms with E-state index in [4.69, 9.17) is 10.5 Å². The summed E-state index contributed by atoms with van der Waals surface area (Å²) in [7, 11) is 0. The number of ether oxygens (including phenoxy) is 1. The molecule has 0 aliphatic carbocycles. The topological polar surface area (TPSA) is 64.3 Å². The fourth-order valence-electron chi connectivity index (χ4n) is 2.84. The van der Waals surface area contributed by atoms with Crippen molar-refractivity contribution < 1.29 is 4.74 Å². The van der Waals surface area contributed by atoms with Crippen molar-refractivity contribution in [2.75, 3.05) is 23.7 Å². The number of rotatable bonds is 4. The average Bonchev–Trinajstić information content (AvgIpc) is 2.58. The van der Waals surface area contributed by atoms with Crippen LogP contribution in [0.25, 0.3) is 0 Å². The molecule has 0 amide bonds. The van der Waals surface area contributed by atoms with Gasteiger partial charge in [-0.2, -0.15) is 4.98 Å². The first-order chi connectivity index (χ1) is 11.1. The first kappa shape index (κ1) is 15.6. The van der Waals surface area contributed by atoms with E-state index in [0.29, 0.717) is 17.5 Å². The van der Waals surface area contributed by atoms with Gasteiger partial charge in [-0.3, -0.25) is 0 Å². The number of hydrogen-bond donors (Lipinski definition) is 1. The molecule has 122 valence electrons. The molecule has 2 N–H and O–H groups in total. The minimum absolute atomic E-state index is 0.429. The molecule has 0 atom stereocenters. The molecule has 5 nitrogen and oxygen atoms in total. The van der Waals surface area contributed by atoms with E-state index in [-0.39, 0.29) is 0 Å². The number of hydrogen-bond acceptors (Lipinski definition) is 5. The van der Waals surface area contributed by atoms with Crippen LogP contribution in [0.5, 0.6) is 11.6 Å². The molecule has 1 aliphatic rings. The van der Waals surface area contributed by atoms with Gasteiger partial charge >= 0.3 is 0 Å². The van der Waals surface area contributed by atoms with E-state index in [2.05, 4.69) is 40.8 Å². The second kappa shape index (κ2) is 6.86. The minimum Gasteiger partial charge on any atom is -0.437 e. The van der Waals surface area contributed by atoms with Crippen molar-refractivity contribution in [3.63, 3.8) is 0 Å². The molecule has 0 unspecified atom stereocenters. The van der Waals surface area contributed by atoms with E-state index in [0.717, 1.165) is 24.7 Å². The van der Waals surface area contributed by atoms with Crippen LogP contribution in [0.1, 0.15) is 44.6 Å². The van der Waals surface area contributed by atoms with Crippen molar-refractivity contribution in [3.8, 4) is 11.6 Å². The van der Waals surface area contributed by atoms with Gasteiger partial charge in [0.15, 0.2) is 5.82 Å². The van der Waals surface area contributed by atoms with Gasteiger partial charge in [-0.15, -0.1) is 0 Å². The second-order valence-electron chi connectivity index (χ2n) is 6.29. The standard InChI is InChI=1S/C18H24N4O/c1-13(2)14-6-8-15(9-7-14)23-18-16(19)17(20-12-21-18)22-10-4-3-5-11-22/h6-9,12-13H,3-5,10-11,19H2,1-2H3. The molecule has 0 radical (unpaired) electrons. The molecule has 2 heterocycles. The average molecular weight is 312 g/mol. The van der Waals surface area contributed by atoms with E-state index in [1.165, 1.54) is 31.2 Å². The van der Waals surface area contributed by atoms with Crippen LogP contribution >= 0.6 is 0 Å². The lowest BCUT2D eigenvalue weighted by molar-refractivity contribution is 0.463. The number of nitrogens with two attached hydrogens (primary N) is 1. The van der Waals surface area contributed by atoms with Crippen LogP contribution in [0, 0.1) is 0 Å². The Balaban J connectivity index is 1.80. The van der Waals surface area contributed by atoms with Crippen molar-refractivity contribution in [3.05, 3.63) is 36.2 Å². The van der Waals surface area contributed by atoms with E-state index < -0.39 is 0 Å². The van der Waals surface area contributed by atoms with Gasteiger partial charge < -0.3 is 15.4 Å². The maximum atomic E-state index is 6.25. The summed E-state index contributed by atoms with van der Waals surface area (Å²) < 4.78 is 5.87. The predicted octanol–water partition coefficient (Wildman–Crippen LogP) is 3.96. The summed E-state index contributed by atoms with van der Waals surface area (Å²) >= 11 is 0. The van der Waals surface area contributed by atoms with E-state index >= 15 is 0 Å². The molecular formula is C18H24N4O. The number of piperidine rings is 1. The van der Waals surface area contributed by atoms with Crippen molar-refractivity contribution in [1.82, 2.24) is 9.97 Å². The van der Waals surface area contributed by atoms with E-state index in [1.54, 1.807) is 0 Å². The number of benzene rings is 1. The number of nitrogens with zero attached hydrogens (tertiary/aromatic N) is 3. The maximum Gasteiger partial charge on any atom is 0.248 e. The third-order valence-corrected chi connectivity index (χ3v) is 4.24. The Morgan fingerprint density at radius 1 is 1.04 bits per heavy atom. The Kier molecular flexibility index (Phi) is 4.65. The summed E-state index contributed by atoms with van der Waals surface area (Å²) in [6, 6.07) is 8.06. The molecule has 1 aromatic heterocycles. The Hall–Kier alpha value is -2.30. The third kappa shape index (κ3) is 3.55. The van der Waals surface area contributed by atoms with Crippen LogP contribution in [0.3, 0.4) is 0 Å². The van der Waals surface area contributed by atoms with Gasteiger partial charge in [0.1, 0.15) is 17.8 Å². The summed E-state index contributed by atoms with van der Waals surface area (Å²) in [5.74, 6) is 2.45. The highest BCUT2D eigenvalue weighted by molar-refractivity contribution is 5.68. The highest BCUT2D eigenvalue weighted by Crippen LogP contribution is 2.32. The summed E-state index contributed by atoms with van der Waals surface area (Å²) in [5, 5.41) is 0. The van der Waals surface area contributed by atoms with Crippen molar-refractivity contribution in [2.24, 2.45) is 0 Å². The number of anilines is 2. The quantitative estimate of drug-likeness (QED) is 0.925. The van der Waals surface area contributed by atoms with Crippen molar-refractivity contribution in [1.29, 1.82) is 0 Å². The summed E-state index contributed by atoms with van der Waals surface area (Å²) in [6.07, 6.45) is 5.15. The Morgan fingerprint density at radius 2 is 1.74 bits per heavy atom. The lowest BCUT2D eigenvalue weighted by atomic mass is 10.0. The smallest absolute Gasteiger partial charge is 0.248 e. The van der Waals surface area contributed by atoms with E-state index in [9.17, 15) is 0 Å². The van der Waals surface area contributed by atoms with Gasteiger partial charge in [0.05, 0.1) is 0 Å². The van der Waals surface area contributed by atoms with Gasteiger partial charge in [-0.25, -0.2) is 4.98 Å². The van der Waals surface area contributed by atoms with Crippen LogP contribution in [-0.2, 0) is 0 Å². The van der Waals surface area contributed by atoms with Crippen LogP contribution in [0.15, 0.2) is 30.6 Å². The van der Waals surface area contributed by atoms with Crippen LogP contribution < -0.4 is 15.4 Å². The van der Waals surface area contributed by atoms with Gasteiger partial charge in [0.2, 0.25) is 5.88 Å². The number of nitrogen functional groups attached to an aromatic ring is 1. The maximum absolute atomic E-state index is 6.25. The monoisotopic (exact) mass is 312 g/mol. The molecule has 2 aromatic rings. The zero-order chi connectivity index (χ0) is 16.2. The lowest BCUT2D eigenvalue weighted by Gasteiger charge is -2.28. The van der Waals surface area contributed by atoms with Gasteiger partial charge in [0.25, 0.3) is 0 Å². The Labute approximate surface area is 137 Å². The fraction of sp³-hybridized carbons (Fsp3) is 0.444. The molecule has 0 bridgehead atoms. The van der Waals surface area contributed by atoms with Crippen molar-refractivity contribution >= 4 is 11.5 Å². The van der Waals surface area contributed by atoms with Crippen LogP contribution in [0.2, 0.25) is 0 Å². The van der Waals surface area contributed by atoms with E-state index in [1.807, 2.05) is 12.1 Å². The highest BCUT2D eigenvalue weighted by Gasteiger charge is 2.18. The summed E-state index contributed by atoms with van der Waals surface area (Å²) in [6.45, 7) is 6.32. The molecule has 0 saturated carbocycles.